The van der Waals surface area contributed by atoms with Gasteiger partial charge in [-0.1, -0.05) is 5.16 Å². The predicted molar refractivity (Wildman–Crippen MR) is 69.9 cm³/mol. The first-order valence-corrected chi connectivity index (χ1v) is 6.16. The maximum Gasteiger partial charge on any atom is 0.245 e. The zero-order chi connectivity index (χ0) is 14.4. The van der Waals surface area contributed by atoms with Crippen LogP contribution >= 0.6 is 0 Å². The summed E-state index contributed by atoms with van der Waals surface area (Å²) in [7, 11) is 0. The number of carbonyl (C=O) groups excluding carboxylic acids is 2. The molecule has 2 aromatic rings. The second-order valence-electron chi connectivity index (χ2n) is 4.23. The molecule has 2 rings (SSSR count). The van der Waals surface area contributed by atoms with Gasteiger partial charge in [0.2, 0.25) is 11.8 Å². The van der Waals surface area contributed by atoms with E-state index in [4.69, 9.17) is 8.94 Å². The van der Waals surface area contributed by atoms with Gasteiger partial charge in [0, 0.05) is 18.9 Å². The normalized spacial score (nSPS) is 10.2. The number of aromatic nitrogens is 1. The lowest BCUT2D eigenvalue weighted by atomic mass is 10.2. The number of hydrogen-bond donors (Lipinski definition) is 2. The smallest absolute Gasteiger partial charge is 0.245 e. The summed E-state index contributed by atoms with van der Waals surface area (Å²) < 4.78 is 9.92. The molecular weight excluding hydrogens is 262 g/mol. The summed E-state index contributed by atoms with van der Waals surface area (Å²) >= 11 is 0. The molecular formula is C13H15N3O4. The van der Waals surface area contributed by atoms with Gasteiger partial charge < -0.3 is 19.6 Å². The highest BCUT2D eigenvalue weighted by Crippen LogP contribution is 2.06. The Bertz CT molecular complexity index is 574. The number of rotatable bonds is 6. The van der Waals surface area contributed by atoms with Crippen molar-refractivity contribution in [1.29, 1.82) is 0 Å². The van der Waals surface area contributed by atoms with Crippen molar-refractivity contribution in [1.82, 2.24) is 10.5 Å². The lowest BCUT2D eigenvalue weighted by Crippen LogP contribution is -2.33. The molecule has 0 aliphatic rings. The zero-order valence-electron chi connectivity index (χ0n) is 11.0. The minimum atomic E-state index is -0.357. The second-order valence-corrected chi connectivity index (χ2v) is 4.23. The molecule has 0 fully saturated rings. The fourth-order valence-corrected chi connectivity index (χ4v) is 1.57. The van der Waals surface area contributed by atoms with Crippen molar-refractivity contribution in [2.24, 2.45) is 0 Å². The third-order valence-electron chi connectivity index (χ3n) is 2.52. The SMILES string of the molecule is Cc1cc(NC(=O)CNC(=O)CCc2ccco2)no1. The lowest BCUT2D eigenvalue weighted by molar-refractivity contribution is -0.124. The number of furan rings is 1. The number of nitrogens with zero attached hydrogens (tertiary/aromatic N) is 1. The number of aryl methyl sites for hydroxylation is 2. The number of nitrogens with one attached hydrogen (secondary N) is 2. The van der Waals surface area contributed by atoms with E-state index in [9.17, 15) is 9.59 Å². The number of anilines is 1. The van der Waals surface area contributed by atoms with Crippen molar-refractivity contribution in [2.75, 3.05) is 11.9 Å². The number of carbonyl (C=O) groups is 2. The number of amides is 2. The minimum Gasteiger partial charge on any atom is -0.469 e. The van der Waals surface area contributed by atoms with Gasteiger partial charge in [-0.25, -0.2) is 0 Å². The predicted octanol–water partition coefficient (Wildman–Crippen LogP) is 1.26. The molecule has 0 aliphatic carbocycles. The highest BCUT2D eigenvalue weighted by atomic mass is 16.5. The molecule has 7 nitrogen and oxygen atoms in total. The highest BCUT2D eigenvalue weighted by molar-refractivity contribution is 5.93. The fraction of sp³-hybridized carbons (Fsp3) is 0.308. The largest absolute Gasteiger partial charge is 0.469 e. The van der Waals surface area contributed by atoms with Crippen LogP contribution in [0, 0.1) is 6.92 Å². The van der Waals surface area contributed by atoms with Crippen molar-refractivity contribution >= 4 is 17.6 Å². The Morgan fingerprint density at radius 3 is 2.85 bits per heavy atom. The quantitative estimate of drug-likeness (QED) is 0.828. The topological polar surface area (TPSA) is 97.4 Å². The summed E-state index contributed by atoms with van der Waals surface area (Å²) in [6.07, 6.45) is 2.33. The van der Waals surface area contributed by atoms with E-state index in [0.717, 1.165) is 5.76 Å². The summed E-state index contributed by atoms with van der Waals surface area (Å²) in [4.78, 5) is 23.1. The maximum atomic E-state index is 11.5. The Kier molecular flexibility index (Phi) is 4.54. The number of hydrogen-bond acceptors (Lipinski definition) is 5. The molecule has 0 atom stereocenters. The van der Waals surface area contributed by atoms with E-state index in [1.807, 2.05) is 0 Å². The van der Waals surface area contributed by atoms with Gasteiger partial charge in [-0.05, 0) is 19.1 Å². The Balaban J connectivity index is 1.66. The van der Waals surface area contributed by atoms with Crippen LogP contribution < -0.4 is 10.6 Å². The van der Waals surface area contributed by atoms with Gasteiger partial charge in [0.05, 0.1) is 12.8 Å². The Morgan fingerprint density at radius 2 is 2.20 bits per heavy atom. The van der Waals surface area contributed by atoms with E-state index in [1.165, 1.54) is 0 Å². The fourth-order valence-electron chi connectivity index (χ4n) is 1.57. The van der Waals surface area contributed by atoms with Crippen LogP contribution in [0.25, 0.3) is 0 Å². The van der Waals surface area contributed by atoms with E-state index < -0.39 is 0 Å². The van der Waals surface area contributed by atoms with Crippen molar-refractivity contribution in [2.45, 2.75) is 19.8 Å². The van der Waals surface area contributed by atoms with Gasteiger partial charge in [-0.2, -0.15) is 0 Å². The first kappa shape index (κ1) is 13.9. The van der Waals surface area contributed by atoms with Gasteiger partial charge >= 0.3 is 0 Å². The molecule has 2 aromatic heterocycles. The van der Waals surface area contributed by atoms with Crippen LogP contribution in [0.5, 0.6) is 0 Å². The third-order valence-corrected chi connectivity index (χ3v) is 2.52. The van der Waals surface area contributed by atoms with Crippen molar-refractivity contribution in [3.8, 4) is 0 Å². The van der Waals surface area contributed by atoms with Crippen LogP contribution in [-0.2, 0) is 16.0 Å². The highest BCUT2D eigenvalue weighted by Gasteiger charge is 2.09. The Morgan fingerprint density at radius 1 is 1.35 bits per heavy atom. The van der Waals surface area contributed by atoms with Crippen LogP contribution in [-0.4, -0.2) is 23.5 Å². The molecule has 7 heteroatoms. The van der Waals surface area contributed by atoms with Crippen molar-refractivity contribution < 1.29 is 18.5 Å². The van der Waals surface area contributed by atoms with Gasteiger partial charge in [0.25, 0.3) is 0 Å². The summed E-state index contributed by atoms with van der Waals surface area (Å²) in [5.41, 5.74) is 0. The second kappa shape index (κ2) is 6.55. The standard InChI is InChI=1S/C13H15N3O4/c1-9-7-11(16-20-9)15-13(18)8-14-12(17)5-4-10-3-2-6-19-10/h2-3,6-7H,4-5,8H2,1H3,(H,14,17)(H,15,16,18). The lowest BCUT2D eigenvalue weighted by Gasteiger charge is -2.04. The average Bonchev–Trinajstić information content (AvgIpc) is 3.06. The average molecular weight is 277 g/mol. The summed E-state index contributed by atoms with van der Waals surface area (Å²) in [5.74, 6) is 1.10. The molecule has 0 unspecified atom stereocenters. The van der Waals surface area contributed by atoms with Crippen LogP contribution in [0.2, 0.25) is 0 Å². The van der Waals surface area contributed by atoms with Gasteiger partial charge in [0.1, 0.15) is 11.5 Å². The molecule has 106 valence electrons. The molecule has 0 radical (unpaired) electrons. The van der Waals surface area contributed by atoms with Crippen LogP contribution in [0.4, 0.5) is 5.82 Å². The Hall–Kier alpha value is -2.57. The summed E-state index contributed by atoms with van der Waals surface area (Å²) in [6.45, 7) is 1.61. The molecule has 0 saturated heterocycles. The molecule has 0 aromatic carbocycles. The van der Waals surface area contributed by atoms with Crippen LogP contribution in [0.3, 0.4) is 0 Å². The summed E-state index contributed by atoms with van der Waals surface area (Å²) in [5, 5.41) is 8.65. The third kappa shape index (κ3) is 4.27. The molecule has 0 saturated carbocycles. The summed E-state index contributed by atoms with van der Waals surface area (Å²) in [6, 6.07) is 5.16. The van der Waals surface area contributed by atoms with E-state index in [1.54, 1.807) is 31.4 Å². The minimum absolute atomic E-state index is 0.108. The molecule has 0 spiro atoms. The molecule has 0 aliphatic heterocycles. The van der Waals surface area contributed by atoms with Gasteiger partial charge in [0.15, 0.2) is 5.82 Å². The van der Waals surface area contributed by atoms with E-state index in [0.29, 0.717) is 18.0 Å². The van der Waals surface area contributed by atoms with Crippen LogP contribution in [0.1, 0.15) is 17.9 Å². The molecule has 2 N–H and O–H groups in total. The van der Waals surface area contributed by atoms with Crippen LogP contribution in [0.15, 0.2) is 33.4 Å². The Labute approximate surface area is 115 Å². The van der Waals surface area contributed by atoms with Crippen molar-refractivity contribution in [3.05, 3.63) is 36.0 Å². The monoisotopic (exact) mass is 277 g/mol. The molecule has 2 amide bonds. The van der Waals surface area contributed by atoms with Crippen molar-refractivity contribution in [3.63, 3.8) is 0 Å². The van der Waals surface area contributed by atoms with E-state index >= 15 is 0 Å². The molecule has 0 bridgehead atoms. The maximum absolute atomic E-state index is 11.5. The first-order valence-electron chi connectivity index (χ1n) is 6.16. The van der Waals surface area contributed by atoms with E-state index in [2.05, 4.69) is 15.8 Å². The first-order chi connectivity index (χ1) is 9.63. The van der Waals surface area contributed by atoms with Gasteiger partial charge in [-0.3, -0.25) is 9.59 Å². The zero-order valence-corrected chi connectivity index (χ0v) is 11.0. The molecule has 2 heterocycles. The van der Waals surface area contributed by atoms with Gasteiger partial charge in [-0.15, -0.1) is 0 Å². The molecule has 20 heavy (non-hydrogen) atoms. The van der Waals surface area contributed by atoms with E-state index in [-0.39, 0.29) is 24.8 Å².